The van der Waals surface area contributed by atoms with Gasteiger partial charge in [-0.15, -0.1) is 0 Å². The maximum Gasteiger partial charge on any atom is 0.238 e. The lowest BCUT2D eigenvalue weighted by atomic mass is 10.2. The second-order valence-electron chi connectivity index (χ2n) is 4.90. The lowest BCUT2D eigenvalue weighted by molar-refractivity contribution is -0.123. The molecule has 0 saturated carbocycles. The molecule has 116 valence electrons. The Morgan fingerprint density at radius 3 is 2.43 bits per heavy atom. The van der Waals surface area contributed by atoms with Crippen LogP contribution in [0.2, 0.25) is 0 Å². The summed E-state index contributed by atoms with van der Waals surface area (Å²) < 4.78 is 0. The first-order valence-electron chi connectivity index (χ1n) is 7.11. The van der Waals surface area contributed by atoms with E-state index >= 15 is 0 Å². The smallest absolute Gasteiger partial charge is 0.238 e. The van der Waals surface area contributed by atoms with Gasteiger partial charge in [0, 0.05) is 6.54 Å². The van der Waals surface area contributed by atoms with E-state index < -0.39 is 0 Å². The number of hydrogen-bond donors (Lipinski definition) is 3. The predicted octanol–water partition coefficient (Wildman–Crippen LogP) is 0.974. The van der Waals surface area contributed by atoms with Crippen LogP contribution in [0.5, 0.6) is 0 Å². The SMILES string of the molecule is CCNC(=O)CN(CC)CC(=O)Nc1ccc(C)cc1N. The zero-order valence-corrected chi connectivity index (χ0v) is 12.9. The number of aryl methyl sites for hydroxylation is 1. The molecule has 0 atom stereocenters. The summed E-state index contributed by atoms with van der Waals surface area (Å²) >= 11 is 0. The molecule has 0 spiro atoms. The van der Waals surface area contributed by atoms with E-state index in [1.807, 2.05) is 32.9 Å². The molecule has 0 aliphatic carbocycles. The van der Waals surface area contributed by atoms with Crippen LogP contribution in [-0.2, 0) is 9.59 Å². The highest BCUT2D eigenvalue weighted by Gasteiger charge is 2.13. The number of amides is 2. The average molecular weight is 292 g/mol. The molecule has 0 aliphatic heterocycles. The first-order chi connectivity index (χ1) is 9.96. The van der Waals surface area contributed by atoms with Crippen LogP contribution in [0.15, 0.2) is 18.2 Å². The van der Waals surface area contributed by atoms with Crippen LogP contribution in [0.25, 0.3) is 0 Å². The molecule has 4 N–H and O–H groups in total. The van der Waals surface area contributed by atoms with Crippen molar-refractivity contribution in [3.8, 4) is 0 Å². The average Bonchev–Trinajstić information content (AvgIpc) is 2.41. The Kier molecular flexibility index (Phi) is 6.68. The van der Waals surface area contributed by atoms with Gasteiger partial charge in [-0.25, -0.2) is 0 Å². The third-order valence-electron chi connectivity index (χ3n) is 3.04. The molecule has 2 amide bonds. The Balaban J connectivity index is 2.56. The molecule has 0 fully saturated rings. The van der Waals surface area contributed by atoms with E-state index in [-0.39, 0.29) is 24.9 Å². The van der Waals surface area contributed by atoms with Gasteiger partial charge in [-0.2, -0.15) is 0 Å². The molecule has 1 aromatic carbocycles. The first-order valence-corrected chi connectivity index (χ1v) is 7.11. The van der Waals surface area contributed by atoms with Crippen LogP contribution < -0.4 is 16.4 Å². The second-order valence-corrected chi connectivity index (χ2v) is 4.90. The van der Waals surface area contributed by atoms with E-state index in [0.29, 0.717) is 24.5 Å². The van der Waals surface area contributed by atoms with Crippen molar-refractivity contribution in [2.45, 2.75) is 20.8 Å². The van der Waals surface area contributed by atoms with Gasteiger partial charge in [0.2, 0.25) is 11.8 Å². The van der Waals surface area contributed by atoms with E-state index in [9.17, 15) is 9.59 Å². The van der Waals surface area contributed by atoms with Crippen LogP contribution in [0.4, 0.5) is 11.4 Å². The number of nitrogens with zero attached hydrogens (tertiary/aromatic N) is 1. The molecule has 1 rings (SSSR count). The summed E-state index contributed by atoms with van der Waals surface area (Å²) in [6.07, 6.45) is 0. The summed E-state index contributed by atoms with van der Waals surface area (Å²) in [5.74, 6) is -0.265. The third-order valence-corrected chi connectivity index (χ3v) is 3.04. The first kappa shape index (κ1) is 17.0. The number of anilines is 2. The molecule has 0 aromatic heterocycles. The Morgan fingerprint density at radius 1 is 1.19 bits per heavy atom. The standard InChI is InChI=1S/C15H24N4O2/c1-4-17-14(20)9-19(5-2)10-15(21)18-13-7-6-11(3)8-12(13)16/h6-8H,4-5,9-10,16H2,1-3H3,(H,17,20)(H,18,21). The van der Waals surface area contributed by atoms with Gasteiger partial charge in [-0.05, 0) is 38.1 Å². The molecular weight excluding hydrogens is 268 g/mol. The molecule has 0 radical (unpaired) electrons. The molecule has 0 aliphatic rings. The number of benzene rings is 1. The topological polar surface area (TPSA) is 87.5 Å². The zero-order valence-electron chi connectivity index (χ0n) is 12.9. The minimum absolute atomic E-state index is 0.0815. The van der Waals surface area contributed by atoms with Gasteiger partial charge < -0.3 is 16.4 Å². The molecule has 0 saturated heterocycles. The van der Waals surface area contributed by atoms with Crippen molar-refractivity contribution in [2.24, 2.45) is 0 Å². The number of nitrogens with two attached hydrogens (primary N) is 1. The summed E-state index contributed by atoms with van der Waals surface area (Å²) in [4.78, 5) is 25.3. The zero-order chi connectivity index (χ0) is 15.8. The van der Waals surface area contributed by atoms with Gasteiger partial charge in [0.15, 0.2) is 0 Å². The maximum absolute atomic E-state index is 12.0. The Hall–Kier alpha value is -2.08. The fraction of sp³-hybridized carbons (Fsp3) is 0.467. The lowest BCUT2D eigenvalue weighted by Gasteiger charge is -2.19. The maximum atomic E-state index is 12.0. The number of hydrogen-bond acceptors (Lipinski definition) is 4. The number of carbonyl (C=O) groups is 2. The minimum atomic E-state index is -0.184. The van der Waals surface area contributed by atoms with Gasteiger partial charge in [0.25, 0.3) is 0 Å². The Bertz CT molecular complexity index is 502. The summed E-state index contributed by atoms with van der Waals surface area (Å²) in [7, 11) is 0. The highest BCUT2D eigenvalue weighted by atomic mass is 16.2. The largest absolute Gasteiger partial charge is 0.397 e. The third kappa shape index (κ3) is 5.83. The van der Waals surface area contributed by atoms with Crippen LogP contribution in [0.3, 0.4) is 0 Å². The number of nitrogens with one attached hydrogen (secondary N) is 2. The van der Waals surface area contributed by atoms with E-state index in [4.69, 9.17) is 5.73 Å². The Morgan fingerprint density at radius 2 is 1.86 bits per heavy atom. The normalized spacial score (nSPS) is 10.5. The van der Waals surface area contributed by atoms with Gasteiger partial charge in [0.1, 0.15) is 0 Å². The van der Waals surface area contributed by atoms with Gasteiger partial charge >= 0.3 is 0 Å². The van der Waals surface area contributed by atoms with Crippen molar-refractivity contribution >= 4 is 23.2 Å². The highest BCUT2D eigenvalue weighted by Crippen LogP contribution is 2.19. The number of likely N-dealkylation sites (N-methyl/N-ethyl adjacent to an activating group) is 2. The minimum Gasteiger partial charge on any atom is -0.397 e. The van der Waals surface area contributed by atoms with E-state index in [1.165, 1.54) is 0 Å². The molecule has 0 bridgehead atoms. The predicted molar refractivity (Wildman–Crippen MR) is 85.0 cm³/mol. The van der Waals surface area contributed by atoms with Crippen LogP contribution in [0.1, 0.15) is 19.4 Å². The molecule has 1 aromatic rings. The van der Waals surface area contributed by atoms with Crippen molar-refractivity contribution in [1.82, 2.24) is 10.2 Å². The molecular formula is C15H24N4O2. The Labute approximate surface area is 125 Å². The lowest BCUT2D eigenvalue weighted by Crippen LogP contribution is -2.41. The van der Waals surface area contributed by atoms with Gasteiger partial charge in [-0.1, -0.05) is 13.0 Å². The van der Waals surface area contributed by atoms with Crippen molar-refractivity contribution in [3.63, 3.8) is 0 Å². The fourth-order valence-corrected chi connectivity index (χ4v) is 1.92. The molecule has 21 heavy (non-hydrogen) atoms. The summed E-state index contributed by atoms with van der Waals surface area (Å²) in [6, 6.07) is 5.47. The van der Waals surface area contributed by atoms with E-state index in [1.54, 1.807) is 11.0 Å². The van der Waals surface area contributed by atoms with Crippen LogP contribution >= 0.6 is 0 Å². The molecule has 0 heterocycles. The quantitative estimate of drug-likeness (QED) is 0.654. The molecule has 0 unspecified atom stereocenters. The van der Waals surface area contributed by atoms with Crippen molar-refractivity contribution in [3.05, 3.63) is 23.8 Å². The van der Waals surface area contributed by atoms with Crippen LogP contribution in [0, 0.1) is 6.92 Å². The van der Waals surface area contributed by atoms with Crippen molar-refractivity contribution in [2.75, 3.05) is 37.2 Å². The number of rotatable bonds is 7. The monoisotopic (exact) mass is 292 g/mol. The molecule has 6 nitrogen and oxygen atoms in total. The highest BCUT2D eigenvalue weighted by molar-refractivity contribution is 5.95. The number of carbonyl (C=O) groups excluding carboxylic acids is 2. The number of nitrogen functional groups attached to an aromatic ring is 1. The van der Waals surface area contributed by atoms with Crippen LogP contribution in [-0.4, -0.2) is 42.9 Å². The summed E-state index contributed by atoms with van der Waals surface area (Å²) in [5, 5.41) is 5.49. The van der Waals surface area contributed by atoms with E-state index in [0.717, 1.165) is 5.56 Å². The second kappa shape index (κ2) is 8.26. The summed E-state index contributed by atoms with van der Waals surface area (Å²) in [5.41, 5.74) is 8.03. The van der Waals surface area contributed by atoms with E-state index in [2.05, 4.69) is 10.6 Å². The fourth-order valence-electron chi connectivity index (χ4n) is 1.92. The van der Waals surface area contributed by atoms with Gasteiger partial charge in [-0.3, -0.25) is 14.5 Å². The molecule has 6 heteroatoms. The van der Waals surface area contributed by atoms with Crippen molar-refractivity contribution < 1.29 is 9.59 Å². The van der Waals surface area contributed by atoms with Crippen molar-refractivity contribution in [1.29, 1.82) is 0 Å². The summed E-state index contributed by atoms with van der Waals surface area (Å²) in [6.45, 7) is 7.28. The van der Waals surface area contributed by atoms with Gasteiger partial charge in [0.05, 0.1) is 24.5 Å².